The van der Waals surface area contributed by atoms with Crippen LogP contribution in [0.2, 0.25) is 0 Å². The predicted octanol–water partition coefficient (Wildman–Crippen LogP) is 4.13. The summed E-state index contributed by atoms with van der Waals surface area (Å²) in [5.74, 6) is 0.00339. The molecule has 3 aromatic rings. The standard InChI is InChI=1S/C22H14F3N3O2/c23-22(24,25)19-5-6-26-10-18(19)14-3-1-13(2-4-14)15-7-16(27-11-20(27)29)9-17(8-15)28-12-21(28)30/h1-10H,11-12H2. The topological polar surface area (TPSA) is 53.0 Å². The molecule has 30 heavy (non-hydrogen) atoms. The van der Waals surface area contributed by atoms with Crippen molar-refractivity contribution in [1.29, 1.82) is 0 Å². The fourth-order valence-corrected chi connectivity index (χ4v) is 3.46. The molecule has 5 nitrogen and oxygen atoms in total. The molecule has 0 saturated carbocycles. The average Bonchev–Trinajstić information content (AvgIpc) is 3.65. The van der Waals surface area contributed by atoms with Crippen molar-refractivity contribution in [3.05, 3.63) is 66.5 Å². The summed E-state index contributed by atoms with van der Waals surface area (Å²) in [7, 11) is 0. The highest BCUT2D eigenvalue weighted by Crippen LogP contribution is 2.39. The van der Waals surface area contributed by atoms with Crippen molar-refractivity contribution >= 4 is 23.2 Å². The zero-order valence-corrected chi connectivity index (χ0v) is 15.5. The lowest BCUT2D eigenvalue weighted by Gasteiger charge is -2.13. The van der Waals surface area contributed by atoms with Crippen molar-refractivity contribution in [2.45, 2.75) is 6.18 Å². The number of carbonyl (C=O) groups excluding carboxylic acids is 2. The number of amides is 2. The van der Waals surface area contributed by atoms with Gasteiger partial charge in [-0.25, -0.2) is 0 Å². The van der Waals surface area contributed by atoms with Crippen LogP contribution in [0.3, 0.4) is 0 Å². The Morgan fingerprint density at radius 3 is 1.80 bits per heavy atom. The van der Waals surface area contributed by atoms with E-state index in [1.54, 1.807) is 40.1 Å². The summed E-state index contributed by atoms with van der Waals surface area (Å²) in [6, 6.07) is 13.1. The summed E-state index contributed by atoms with van der Waals surface area (Å²) in [5.41, 5.74) is 2.60. The maximum absolute atomic E-state index is 13.3. The molecule has 2 aliphatic rings. The summed E-state index contributed by atoms with van der Waals surface area (Å²) >= 11 is 0. The summed E-state index contributed by atoms with van der Waals surface area (Å²) in [6.07, 6.45) is -2.15. The Hall–Kier alpha value is -3.68. The van der Waals surface area contributed by atoms with Gasteiger partial charge in [-0.2, -0.15) is 13.2 Å². The summed E-state index contributed by atoms with van der Waals surface area (Å²) in [5, 5.41) is 0. The monoisotopic (exact) mass is 409 g/mol. The molecule has 2 fully saturated rings. The third-order valence-corrected chi connectivity index (χ3v) is 5.16. The van der Waals surface area contributed by atoms with Gasteiger partial charge in [-0.05, 0) is 41.0 Å². The van der Waals surface area contributed by atoms with Crippen LogP contribution in [0.1, 0.15) is 5.56 Å². The molecule has 2 saturated heterocycles. The highest BCUT2D eigenvalue weighted by molar-refractivity contribution is 6.15. The molecule has 0 bridgehead atoms. The number of alkyl halides is 3. The van der Waals surface area contributed by atoms with Crippen molar-refractivity contribution < 1.29 is 22.8 Å². The maximum Gasteiger partial charge on any atom is 0.417 e. The lowest BCUT2D eigenvalue weighted by atomic mass is 9.97. The van der Waals surface area contributed by atoms with Gasteiger partial charge >= 0.3 is 6.18 Å². The number of nitrogens with zero attached hydrogens (tertiary/aromatic N) is 3. The van der Waals surface area contributed by atoms with Crippen molar-refractivity contribution in [2.75, 3.05) is 22.9 Å². The van der Waals surface area contributed by atoms with E-state index in [-0.39, 0.29) is 17.4 Å². The van der Waals surface area contributed by atoms with E-state index < -0.39 is 11.7 Å². The molecule has 0 spiro atoms. The van der Waals surface area contributed by atoms with E-state index in [2.05, 4.69) is 4.98 Å². The Kier molecular flexibility index (Phi) is 3.92. The molecule has 0 aliphatic carbocycles. The first kappa shape index (κ1) is 18.4. The molecule has 5 rings (SSSR count). The van der Waals surface area contributed by atoms with Crippen LogP contribution in [0.25, 0.3) is 22.3 Å². The third-order valence-electron chi connectivity index (χ3n) is 5.16. The Labute approximate surface area is 169 Å². The molecule has 2 aliphatic heterocycles. The second-order valence-corrected chi connectivity index (χ2v) is 7.19. The first-order chi connectivity index (χ1) is 14.3. The lowest BCUT2D eigenvalue weighted by molar-refractivity contribution is -0.137. The van der Waals surface area contributed by atoms with E-state index >= 15 is 0 Å². The van der Waals surface area contributed by atoms with Crippen LogP contribution in [0.4, 0.5) is 24.5 Å². The normalized spacial score (nSPS) is 15.6. The Morgan fingerprint density at radius 2 is 1.30 bits per heavy atom. The minimum absolute atomic E-state index is 0.00169. The molecule has 0 unspecified atom stereocenters. The number of rotatable bonds is 4. The number of benzene rings is 2. The van der Waals surface area contributed by atoms with E-state index in [4.69, 9.17) is 0 Å². The molecule has 2 aromatic carbocycles. The van der Waals surface area contributed by atoms with Crippen molar-refractivity contribution in [1.82, 2.24) is 4.98 Å². The van der Waals surface area contributed by atoms with Gasteiger partial charge in [0.1, 0.15) is 13.1 Å². The number of carbonyl (C=O) groups is 2. The first-order valence-corrected chi connectivity index (χ1v) is 9.19. The van der Waals surface area contributed by atoms with Gasteiger partial charge in [0.15, 0.2) is 0 Å². The fourth-order valence-electron chi connectivity index (χ4n) is 3.46. The van der Waals surface area contributed by atoms with Crippen LogP contribution in [0, 0.1) is 0 Å². The van der Waals surface area contributed by atoms with Crippen LogP contribution in [-0.4, -0.2) is 29.9 Å². The van der Waals surface area contributed by atoms with E-state index in [0.717, 1.165) is 23.4 Å². The van der Waals surface area contributed by atoms with Crippen molar-refractivity contribution in [2.24, 2.45) is 0 Å². The predicted molar refractivity (Wildman–Crippen MR) is 105 cm³/mol. The van der Waals surface area contributed by atoms with E-state index in [1.165, 1.54) is 6.20 Å². The minimum Gasteiger partial charge on any atom is -0.301 e. The minimum atomic E-state index is -4.48. The molecule has 0 N–H and O–H groups in total. The largest absolute Gasteiger partial charge is 0.417 e. The zero-order valence-electron chi connectivity index (χ0n) is 15.5. The highest BCUT2D eigenvalue weighted by atomic mass is 19.4. The van der Waals surface area contributed by atoms with Crippen LogP contribution in [0.15, 0.2) is 60.9 Å². The smallest absolute Gasteiger partial charge is 0.301 e. The van der Waals surface area contributed by atoms with Gasteiger partial charge in [-0.1, -0.05) is 24.3 Å². The lowest BCUT2D eigenvalue weighted by Crippen LogP contribution is -2.07. The van der Waals surface area contributed by atoms with Crippen LogP contribution >= 0.6 is 0 Å². The summed E-state index contributed by atoms with van der Waals surface area (Å²) in [4.78, 5) is 30.1. The Bertz CT molecular complexity index is 1150. The molecule has 150 valence electrons. The Balaban J connectivity index is 1.52. The molecular weight excluding hydrogens is 395 g/mol. The quantitative estimate of drug-likeness (QED) is 0.609. The summed E-state index contributed by atoms with van der Waals surface area (Å²) < 4.78 is 39.9. The van der Waals surface area contributed by atoms with E-state index in [9.17, 15) is 22.8 Å². The summed E-state index contributed by atoms with van der Waals surface area (Å²) in [6.45, 7) is 0.661. The van der Waals surface area contributed by atoms with Gasteiger partial charge in [0.2, 0.25) is 11.8 Å². The molecule has 0 atom stereocenters. The van der Waals surface area contributed by atoms with Gasteiger partial charge < -0.3 is 9.80 Å². The van der Waals surface area contributed by atoms with E-state index in [1.807, 2.05) is 12.1 Å². The molecule has 8 heteroatoms. The third kappa shape index (κ3) is 3.30. The van der Waals surface area contributed by atoms with Gasteiger partial charge in [0.05, 0.1) is 5.56 Å². The maximum atomic E-state index is 13.3. The molecule has 3 heterocycles. The van der Waals surface area contributed by atoms with Crippen LogP contribution < -0.4 is 9.80 Å². The van der Waals surface area contributed by atoms with Gasteiger partial charge in [0, 0.05) is 29.3 Å². The number of hydrogen-bond donors (Lipinski definition) is 0. The van der Waals surface area contributed by atoms with Gasteiger partial charge in [0.25, 0.3) is 0 Å². The van der Waals surface area contributed by atoms with Crippen LogP contribution in [0.5, 0.6) is 0 Å². The second kappa shape index (κ2) is 6.41. The van der Waals surface area contributed by atoms with Gasteiger partial charge in [-0.15, -0.1) is 0 Å². The number of pyridine rings is 1. The number of hydrogen-bond acceptors (Lipinski definition) is 3. The molecule has 1 aromatic heterocycles. The van der Waals surface area contributed by atoms with Gasteiger partial charge in [-0.3, -0.25) is 14.6 Å². The fraction of sp³-hybridized carbons (Fsp3) is 0.136. The van der Waals surface area contributed by atoms with Crippen molar-refractivity contribution in [3.8, 4) is 22.3 Å². The first-order valence-electron chi connectivity index (χ1n) is 9.19. The number of halogens is 3. The molecule has 0 radical (unpaired) electrons. The number of anilines is 2. The zero-order chi connectivity index (χ0) is 21.0. The average molecular weight is 409 g/mol. The SMILES string of the molecule is O=C1CN1c1cc(-c2ccc(-c3cnccc3C(F)(F)F)cc2)cc(N2CC2=O)c1. The molecular formula is C22H14F3N3O2. The highest BCUT2D eigenvalue weighted by Gasteiger charge is 2.36. The Morgan fingerprint density at radius 1 is 0.767 bits per heavy atom. The van der Waals surface area contributed by atoms with Crippen molar-refractivity contribution in [3.63, 3.8) is 0 Å². The second-order valence-electron chi connectivity index (χ2n) is 7.19. The van der Waals surface area contributed by atoms with E-state index in [0.29, 0.717) is 30.0 Å². The number of aromatic nitrogens is 1. The molecule has 2 amide bonds. The van der Waals surface area contributed by atoms with Crippen LogP contribution in [-0.2, 0) is 15.8 Å².